The minimum absolute atomic E-state index is 0.0406. The van der Waals surface area contributed by atoms with Gasteiger partial charge >= 0.3 is 0 Å². The monoisotopic (exact) mass is 414 g/mol. The summed E-state index contributed by atoms with van der Waals surface area (Å²) in [5.74, 6) is 2.31. The normalized spacial score (nSPS) is 15.7. The molecule has 2 heterocycles. The zero-order valence-corrected chi connectivity index (χ0v) is 17.8. The summed E-state index contributed by atoms with van der Waals surface area (Å²) in [4.78, 5) is 14.9. The highest BCUT2D eigenvalue weighted by Gasteiger charge is 2.24. The van der Waals surface area contributed by atoms with Crippen LogP contribution in [0.25, 0.3) is 6.08 Å². The number of nitrogens with one attached hydrogen (secondary N) is 1. The van der Waals surface area contributed by atoms with Crippen molar-refractivity contribution in [3.8, 4) is 17.2 Å². The van der Waals surface area contributed by atoms with Gasteiger partial charge in [-0.1, -0.05) is 6.42 Å². The Hall–Kier alpha value is -2.93. The van der Waals surface area contributed by atoms with Crippen molar-refractivity contribution in [3.05, 3.63) is 47.9 Å². The van der Waals surface area contributed by atoms with Gasteiger partial charge in [-0.3, -0.25) is 9.69 Å². The highest BCUT2D eigenvalue weighted by Crippen LogP contribution is 2.38. The molecule has 1 saturated heterocycles. The molecular weight excluding hydrogens is 384 g/mol. The number of furan rings is 1. The summed E-state index contributed by atoms with van der Waals surface area (Å²) in [6.45, 7) is 2.52. The van der Waals surface area contributed by atoms with Crippen molar-refractivity contribution in [3.63, 3.8) is 0 Å². The number of rotatable bonds is 9. The van der Waals surface area contributed by atoms with E-state index in [1.54, 1.807) is 45.8 Å². The van der Waals surface area contributed by atoms with E-state index in [-0.39, 0.29) is 11.9 Å². The molecule has 1 N–H and O–H groups in total. The number of likely N-dealkylation sites (tertiary alicyclic amines) is 1. The fraction of sp³-hybridized carbons (Fsp3) is 0.435. The first-order valence-corrected chi connectivity index (χ1v) is 10.2. The molecule has 0 radical (unpaired) electrons. The zero-order valence-electron chi connectivity index (χ0n) is 17.8. The quantitative estimate of drug-likeness (QED) is 0.632. The van der Waals surface area contributed by atoms with Crippen LogP contribution in [-0.4, -0.2) is 51.8 Å². The van der Waals surface area contributed by atoms with Crippen molar-refractivity contribution in [1.29, 1.82) is 0 Å². The Morgan fingerprint density at radius 1 is 1.13 bits per heavy atom. The molecule has 7 heteroatoms. The van der Waals surface area contributed by atoms with Crippen LogP contribution in [0.2, 0.25) is 0 Å². The second kappa shape index (κ2) is 10.7. The van der Waals surface area contributed by atoms with Crippen LogP contribution in [0.4, 0.5) is 0 Å². The lowest BCUT2D eigenvalue weighted by Crippen LogP contribution is -2.40. The number of nitrogens with zero attached hydrogens (tertiary/aromatic N) is 1. The van der Waals surface area contributed by atoms with E-state index in [1.807, 2.05) is 12.1 Å². The van der Waals surface area contributed by atoms with E-state index in [0.29, 0.717) is 23.8 Å². The van der Waals surface area contributed by atoms with E-state index in [4.69, 9.17) is 18.6 Å². The Morgan fingerprint density at radius 3 is 2.40 bits per heavy atom. The number of piperidine rings is 1. The molecule has 30 heavy (non-hydrogen) atoms. The van der Waals surface area contributed by atoms with Crippen LogP contribution in [0.1, 0.15) is 36.6 Å². The molecule has 1 aliphatic heterocycles. The van der Waals surface area contributed by atoms with Gasteiger partial charge in [-0.25, -0.2) is 0 Å². The van der Waals surface area contributed by atoms with Crippen molar-refractivity contribution < 1.29 is 23.4 Å². The minimum atomic E-state index is -0.169. The van der Waals surface area contributed by atoms with Crippen molar-refractivity contribution >= 4 is 12.0 Å². The van der Waals surface area contributed by atoms with Crippen LogP contribution in [0.3, 0.4) is 0 Å². The van der Waals surface area contributed by atoms with E-state index in [9.17, 15) is 4.79 Å². The largest absolute Gasteiger partial charge is 0.493 e. The van der Waals surface area contributed by atoms with Gasteiger partial charge in [0.15, 0.2) is 11.5 Å². The first kappa shape index (κ1) is 21.8. The van der Waals surface area contributed by atoms with Gasteiger partial charge in [0.25, 0.3) is 0 Å². The second-order valence-electron chi connectivity index (χ2n) is 7.17. The third-order valence-corrected chi connectivity index (χ3v) is 5.29. The maximum Gasteiger partial charge on any atom is 0.244 e. The first-order valence-electron chi connectivity index (χ1n) is 10.2. The van der Waals surface area contributed by atoms with Crippen LogP contribution < -0.4 is 19.5 Å². The predicted octanol–water partition coefficient (Wildman–Crippen LogP) is 3.66. The Kier molecular flexibility index (Phi) is 7.79. The topological polar surface area (TPSA) is 73.2 Å². The molecule has 0 aliphatic carbocycles. The highest BCUT2D eigenvalue weighted by molar-refractivity contribution is 5.91. The lowest BCUT2D eigenvalue weighted by molar-refractivity contribution is -0.116. The van der Waals surface area contributed by atoms with Gasteiger partial charge in [0.1, 0.15) is 5.76 Å². The van der Waals surface area contributed by atoms with Crippen molar-refractivity contribution in [2.45, 2.75) is 25.3 Å². The van der Waals surface area contributed by atoms with Crippen LogP contribution >= 0.6 is 0 Å². The van der Waals surface area contributed by atoms with Gasteiger partial charge in [-0.05, 0) is 61.8 Å². The number of hydrogen-bond acceptors (Lipinski definition) is 6. The third-order valence-electron chi connectivity index (χ3n) is 5.29. The Morgan fingerprint density at radius 2 is 1.83 bits per heavy atom. The molecule has 1 aliphatic rings. The lowest BCUT2D eigenvalue weighted by atomic mass is 10.1. The maximum atomic E-state index is 12.5. The van der Waals surface area contributed by atoms with E-state index in [2.05, 4.69) is 10.2 Å². The molecule has 0 saturated carbocycles. The van der Waals surface area contributed by atoms with Crippen LogP contribution in [0.5, 0.6) is 17.2 Å². The standard InChI is InChI=1S/C23H30N2O5/c1-27-20-14-17(15-21(28-2)23(20)29-3)9-10-22(26)24-16-18(19-8-7-13-30-19)25-11-5-4-6-12-25/h7-10,13-15,18H,4-6,11-12,16H2,1-3H3,(H,24,26)/b10-9-/t18-/m1/s1. The van der Waals surface area contributed by atoms with Gasteiger partial charge in [-0.15, -0.1) is 0 Å². The number of methoxy groups -OCH3 is 3. The van der Waals surface area contributed by atoms with Gasteiger partial charge in [0.2, 0.25) is 11.7 Å². The number of carbonyl (C=O) groups is 1. The summed E-state index contributed by atoms with van der Waals surface area (Å²) in [5, 5.41) is 3.00. The third kappa shape index (κ3) is 5.36. The molecular formula is C23H30N2O5. The summed E-state index contributed by atoms with van der Waals surface area (Å²) >= 11 is 0. The molecule has 3 rings (SSSR count). The SMILES string of the molecule is COc1cc(/C=C\C(=O)NC[C@H](c2ccco2)N2CCCCC2)cc(OC)c1OC. The molecule has 1 aromatic carbocycles. The van der Waals surface area contributed by atoms with E-state index < -0.39 is 0 Å². The van der Waals surface area contributed by atoms with Crippen molar-refractivity contribution in [1.82, 2.24) is 10.2 Å². The number of carbonyl (C=O) groups excluding carboxylic acids is 1. The summed E-state index contributed by atoms with van der Waals surface area (Å²) in [5.41, 5.74) is 0.776. The minimum Gasteiger partial charge on any atom is -0.493 e. The number of ether oxygens (including phenoxy) is 3. The highest BCUT2D eigenvalue weighted by atomic mass is 16.5. The zero-order chi connectivity index (χ0) is 21.3. The molecule has 1 atom stereocenters. The van der Waals surface area contributed by atoms with Gasteiger partial charge < -0.3 is 23.9 Å². The number of amides is 1. The molecule has 0 bridgehead atoms. The molecule has 7 nitrogen and oxygen atoms in total. The summed E-state index contributed by atoms with van der Waals surface area (Å²) in [6, 6.07) is 7.49. The van der Waals surface area contributed by atoms with Crippen LogP contribution in [0.15, 0.2) is 41.0 Å². The number of hydrogen-bond donors (Lipinski definition) is 1. The summed E-state index contributed by atoms with van der Waals surface area (Å²) < 4.78 is 21.7. The molecule has 1 fully saturated rings. The first-order chi connectivity index (χ1) is 14.7. The molecule has 1 aromatic heterocycles. The van der Waals surface area contributed by atoms with Gasteiger partial charge in [-0.2, -0.15) is 0 Å². The smallest absolute Gasteiger partial charge is 0.244 e. The maximum absolute atomic E-state index is 12.5. The predicted molar refractivity (Wildman–Crippen MR) is 115 cm³/mol. The second-order valence-corrected chi connectivity index (χ2v) is 7.17. The van der Waals surface area contributed by atoms with Gasteiger partial charge in [0.05, 0.1) is 33.6 Å². The molecule has 162 valence electrons. The van der Waals surface area contributed by atoms with Crippen molar-refractivity contribution in [2.24, 2.45) is 0 Å². The average Bonchev–Trinajstić information content (AvgIpc) is 3.32. The lowest BCUT2D eigenvalue weighted by Gasteiger charge is -2.33. The van der Waals surface area contributed by atoms with Crippen molar-refractivity contribution in [2.75, 3.05) is 41.0 Å². The van der Waals surface area contributed by atoms with E-state index in [1.165, 1.54) is 25.3 Å². The van der Waals surface area contributed by atoms with Crippen LogP contribution in [0, 0.1) is 0 Å². The fourth-order valence-corrected chi connectivity index (χ4v) is 3.75. The Labute approximate surface area is 177 Å². The van der Waals surface area contributed by atoms with Gasteiger partial charge in [0, 0.05) is 12.6 Å². The fourth-order valence-electron chi connectivity index (χ4n) is 3.75. The van der Waals surface area contributed by atoms with Crippen LogP contribution in [-0.2, 0) is 4.79 Å². The molecule has 0 spiro atoms. The average molecular weight is 415 g/mol. The Bertz CT molecular complexity index is 816. The number of benzene rings is 1. The van der Waals surface area contributed by atoms with E-state index in [0.717, 1.165) is 24.4 Å². The molecule has 1 amide bonds. The Balaban J connectivity index is 1.66. The van der Waals surface area contributed by atoms with E-state index >= 15 is 0 Å². The molecule has 2 aromatic rings. The summed E-state index contributed by atoms with van der Waals surface area (Å²) in [7, 11) is 4.68. The molecule has 0 unspecified atom stereocenters. The summed E-state index contributed by atoms with van der Waals surface area (Å²) in [6.07, 6.45) is 8.51.